The van der Waals surface area contributed by atoms with E-state index in [0.29, 0.717) is 13.1 Å². The van der Waals surface area contributed by atoms with Crippen LogP contribution in [0.2, 0.25) is 0 Å². The molecule has 5 heterocycles. The number of thiophene rings is 1. The molecule has 0 bridgehead atoms. The maximum absolute atomic E-state index is 12.8. The van der Waals surface area contributed by atoms with E-state index in [0.717, 1.165) is 36.8 Å². The number of rotatable bonds is 2. The highest BCUT2D eigenvalue weighted by molar-refractivity contribution is 7.10. The Hall–Kier alpha value is -2.48. The number of aryl methyl sites for hydroxylation is 1. The van der Waals surface area contributed by atoms with Crippen LogP contribution < -0.4 is 4.90 Å². The number of aromatic nitrogens is 4. The summed E-state index contributed by atoms with van der Waals surface area (Å²) < 4.78 is 1.93. The van der Waals surface area contributed by atoms with Gasteiger partial charge in [0, 0.05) is 43.4 Å². The number of anilines is 1. The average molecular weight is 354 g/mol. The highest BCUT2D eigenvalue weighted by Crippen LogP contribution is 2.30. The average Bonchev–Trinajstić information content (AvgIpc) is 3.20. The van der Waals surface area contributed by atoms with Gasteiger partial charge in [0.05, 0.1) is 5.92 Å². The van der Waals surface area contributed by atoms with Crippen molar-refractivity contribution in [3.8, 4) is 0 Å². The molecule has 25 heavy (non-hydrogen) atoms. The Morgan fingerprint density at radius 2 is 2.20 bits per heavy atom. The number of hydrogen-bond acceptors (Lipinski definition) is 6. The monoisotopic (exact) mass is 354 g/mol. The SMILES string of the molecule is Cc1nnc2c(N3CC(C(=O)N4CCc5sccc5C4)C3)nccn12. The maximum Gasteiger partial charge on any atom is 0.229 e. The molecule has 2 aliphatic heterocycles. The molecule has 0 N–H and O–H groups in total. The van der Waals surface area contributed by atoms with Crippen molar-refractivity contribution in [3.05, 3.63) is 40.1 Å². The summed E-state index contributed by atoms with van der Waals surface area (Å²) >= 11 is 1.80. The summed E-state index contributed by atoms with van der Waals surface area (Å²) in [4.78, 5) is 22.8. The second kappa shape index (κ2) is 5.52. The Labute approximate surface area is 148 Å². The molecule has 7 nitrogen and oxygen atoms in total. The lowest BCUT2D eigenvalue weighted by atomic mass is 9.97. The van der Waals surface area contributed by atoms with Gasteiger partial charge in [0.15, 0.2) is 5.82 Å². The first-order chi connectivity index (χ1) is 12.2. The highest BCUT2D eigenvalue weighted by atomic mass is 32.1. The molecular formula is C17H18N6OS. The zero-order chi connectivity index (χ0) is 17.0. The van der Waals surface area contributed by atoms with Crippen LogP contribution in [0.25, 0.3) is 5.65 Å². The fourth-order valence-corrected chi connectivity index (χ4v) is 4.54. The molecule has 0 aliphatic carbocycles. The van der Waals surface area contributed by atoms with Crippen molar-refractivity contribution in [3.63, 3.8) is 0 Å². The summed E-state index contributed by atoms with van der Waals surface area (Å²) in [6.07, 6.45) is 4.61. The first kappa shape index (κ1) is 14.8. The van der Waals surface area contributed by atoms with Gasteiger partial charge in [-0.3, -0.25) is 9.20 Å². The Morgan fingerprint density at radius 3 is 3.08 bits per heavy atom. The van der Waals surface area contributed by atoms with Crippen LogP contribution in [0, 0.1) is 12.8 Å². The molecule has 2 aliphatic rings. The summed E-state index contributed by atoms with van der Waals surface area (Å²) in [7, 11) is 0. The van der Waals surface area contributed by atoms with Crippen molar-refractivity contribution in [2.45, 2.75) is 19.9 Å². The van der Waals surface area contributed by atoms with E-state index < -0.39 is 0 Å². The molecular weight excluding hydrogens is 336 g/mol. The first-order valence-electron chi connectivity index (χ1n) is 8.46. The molecule has 1 fully saturated rings. The Balaban J connectivity index is 1.29. The van der Waals surface area contributed by atoms with Gasteiger partial charge in [0.1, 0.15) is 5.82 Å². The van der Waals surface area contributed by atoms with E-state index in [9.17, 15) is 4.79 Å². The largest absolute Gasteiger partial charge is 0.352 e. The zero-order valence-corrected chi connectivity index (χ0v) is 14.7. The number of carbonyl (C=O) groups excluding carboxylic acids is 1. The molecule has 5 rings (SSSR count). The van der Waals surface area contributed by atoms with Crippen molar-refractivity contribution in [1.29, 1.82) is 0 Å². The van der Waals surface area contributed by atoms with Gasteiger partial charge in [-0.1, -0.05) is 0 Å². The number of fused-ring (bicyclic) bond motifs is 2. The lowest BCUT2D eigenvalue weighted by molar-refractivity contribution is -0.137. The van der Waals surface area contributed by atoms with Crippen LogP contribution in [0.1, 0.15) is 16.3 Å². The number of carbonyl (C=O) groups is 1. The van der Waals surface area contributed by atoms with Gasteiger partial charge in [0.2, 0.25) is 11.6 Å². The Bertz CT molecular complexity index is 957. The van der Waals surface area contributed by atoms with E-state index in [-0.39, 0.29) is 11.8 Å². The molecule has 0 aromatic carbocycles. The van der Waals surface area contributed by atoms with Crippen molar-refractivity contribution < 1.29 is 4.79 Å². The number of hydrogen-bond donors (Lipinski definition) is 0. The van der Waals surface area contributed by atoms with E-state index in [2.05, 4.69) is 31.5 Å². The second-order valence-corrected chi connectivity index (χ2v) is 7.67. The molecule has 128 valence electrons. The number of nitrogens with zero attached hydrogens (tertiary/aromatic N) is 6. The second-order valence-electron chi connectivity index (χ2n) is 6.67. The van der Waals surface area contributed by atoms with Gasteiger partial charge < -0.3 is 9.80 Å². The minimum absolute atomic E-state index is 0.0475. The van der Waals surface area contributed by atoms with Gasteiger partial charge >= 0.3 is 0 Å². The third kappa shape index (κ3) is 2.31. The van der Waals surface area contributed by atoms with Crippen LogP contribution in [-0.2, 0) is 17.8 Å². The van der Waals surface area contributed by atoms with E-state index in [1.54, 1.807) is 17.5 Å². The van der Waals surface area contributed by atoms with Gasteiger partial charge in [-0.2, -0.15) is 0 Å². The fourth-order valence-electron chi connectivity index (χ4n) is 3.65. The molecule has 0 unspecified atom stereocenters. The molecule has 0 radical (unpaired) electrons. The van der Waals surface area contributed by atoms with E-state index in [1.165, 1.54) is 10.4 Å². The van der Waals surface area contributed by atoms with Gasteiger partial charge in [-0.25, -0.2) is 4.98 Å². The first-order valence-corrected chi connectivity index (χ1v) is 9.34. The van der Waals surface area contributed by atoms with Crippen molar-refractivity contribution in [1.82, 2.24) is 24.5 Å². The van der Waals surface area contributed by atoms with Crippen LogP contribution in [-0.4, -0.2) is 50.0 Å². The van der Waals surface area contributed by atoms with Gasteiger partial charge in [-0.05, 0) is 30.4 Å². The third-order valence-electron chi connectivity index (χ3n) is 5.13. The van der Waals surface area contributed by atoms with E-state index >= 15 is 0 Å². The molecule has 3 aromatic rings. The quantitative estimate of drug-likeness (QED) is 0.698. The van der Waals surface area contributed by atoms with Crippen LogP contribution in [0.5, 0.6) is 0 Å². The van der Waals surface area contributed by atoms with Crippen LogP contribution >= 0.6 is 11.3 Å². The zero-order valence-electron chi connectivity index (χ0n) is 13.9. The predicted octanol–water partition coefficient (Wildman–Crippen LogP) is 1.52. The van der Waals surface area contributed by atoms with Crippen LogP contribution in [0.3, 0.4) is 0 Å². The number of amides is 1. The topological polar surface area (TPSA) is 66.6 Å². The van der Waals surface area contributed by atoms with Gasteiger partial charge in [-0.15, -0.1) is 21.5 Å². The highest BCUT2D eigenvalue weighted by Gasteiger charge is 2.38. The molecule has 3 aromatic heterocycles. The standard InChI is InChI=1S/C17H18N6OS/c1-11-19-20-16-15(18-4-6-23(11)16)22-9-13(10-22)17(24)21-5-2-14-12(8-21)3-7-25-14/h3-4,6-7,13H,2,5,8-10H2,1H3. The summed E-state index contributed by atoms with van der Waals surface area (Å²) in [5, 5.41) is 10.4. The summed E-state index contributed by atoms with van der Waals surface area (Å²) in [5.41, 5.74) is 2.07. The summed E-state index contributed by atoms with van der Waals surface area (Å²) in [5.74, 6) is 1.96. The third-order valence-corrected chi connectivity index (χ3v) is 6.15. The predicted molar refractivity (Wildman–Crippen MR) is 94.7 cm³/mol. The Kier molecular flexibility index (Phi) is 3.27. The van der Waals surface area contributed by atoms with Crippen molar-refractivity contribution in [2.24, 2.45) is 5.92 Å². The van der Waals surface area contributed by atoms with Gasteiger partial charge in [0.25, 0.3) is 0 Å². The lowest BCUT2D eigenvalue weighted by Crippen LogP contribution is -2.55. The molecule has 0 atom stereocenters. The van der Waals surface area contributed by atoms with E-state index in [1.807, 2.05) is 22.4 Å². The summed E-state index contributed by atoms with van der Waals surface area (Å²) in [6, 6.07) is 2.14. The molecule has 1 saturated heterocycles. The molecule has 0 saturated carbocycles. The minimum Gasteiger partial charge on any atom is -0.352 e. The Morgan fingerprint density at radius 1 is 1.32 bits per heavy atom. The fraction of sp³-hybridized carbons (Fsp3) is 0.412. The van der Waals surface area contributed by atoms with Crippen LogP contribution in [0.15, 0.2) is 23.8 Å². The molecule has 1 amide bonds. The molecule has 8 heteroatoms. The van der Waals surface area contributed by atoms with E-state index in [4.69, 9.17) is 0 Å². The maximum atomic E-state index is 12.8. The van der Waals surface area contributed by atoms with Crippen molar-refractivity contribution >= 4 is 28.7 Å². The minimum atomic E-state index is 0.0475. The normalized spacial score (nSPS) is 17.6. The lowest BCUT2D eigenvalue weighted by Gasteiger charge is -2.41. The van der Waals surface area contributed by atoms with Crippen molar-refractivity contribution in [2.75, 3.05) is 24.5 Å². The van der Waals surface area contributed by atoms with Crippen LogP contribution in [0.4, 0.5) is 5.82 Å². The smallest absolute Gasteiger partial charge is 0.229 e. The summed E-state index contributed by atoms with van der Waals surface area (Å²) in [6.45, 7) is 4.90. The molecule has 0 spiro atoms.